The Labute approximate surface area is 136 Å². The molecule has 1 unspecified atom stereocenters. The van der Waals surface area contributed by atoms with E-state index in [9.17, 15) is 4.79 Å². The van der Waals surface area contributed by atoms with E-state index in [4.69, 9.17) is 0 Å². The number of nitrogens with one attached hydrogen (secondary N) is 1. The van der Waals surface area contributed by atoms with Crippen molar-refractivity contribution < 1.29 is 4.79 Å². The van der Waals surface area contributed by atoms with E-state index in [1.54, 1.807) is 4.68 Å². The van der Waals surface area contributed by atoms with Crippen molar-refractivity contribution in [3.8, 4) is 0 Å². The first-order chi connectivity index (χ1) is 11.0. The summed E-state index contributed by atoms with van der Waals surface area (Å²) in [6.45, 7) is 5.78. The Morgan fingerprint density at radius 1 is 1.13 bits per heavy atom. The molecule has 1 N–H and O–H groups in total. The summed E-state index contributed by atoms with van der Waals surface area (Å²) in [5.41, 5.74) is 3.40. The number of benzene rings is 2. The zero-order chi connectivity index (χ0) is 16.6. The van der Waals surface area contributed by atoms with Gasteiger partial charge in [-0.2, -0.15) is 5.10 Å². The highest BCUT2D eigenvalue weighted by atomic mass is 16.1. The van der Waals surface area contributed by atoms with Crippen LogP contribution in [0, 0.1) is 13.8 Å². The van der Waals surface area contributed by atoms with Crippen LogP contribution in [0.15, 0.2) is 42.5 Å². The third kappa shape index (κ3) is 2.84. The van der Waals surface area contributed by atoms with Gasteiger partial charge < -0.3 is 5.32 Å². The first-order valence-corrected chi connectivity index (χ1v) is 7.77. The van der Waals surface area contributed by atoms with Crippen molar-refractivity contribution in [1.82, 2.24) is 15.1 Å². The fourth-order valence-electron chi connectivity index (χ4n) is 2.93. The van der Waals surface area contributed by atoms with Gasteiger partial charge in [-0.05, 0) is 43.2 Å². The maximum absolute atomic E-state index is 12.6. The molecule has 1 amide bonds. The Hall–Kier alpha value is -2.62. The topological polar surface area (TPSA) is 46.9 Å². The molecule has 0 aliphatic heterocycles. The number of aryl methyl sites for hydroxylation is 2. The normalized spacial score (nSPS) is 12.3. The van der Waals surface area contributed by atoms with Crippen LogP contribution in [0.5, 0.6) is 0 Å². The van der Waals surface area contributed by atoms with E-state index in [-0.39, 0.29) is 11.9 Å². The molecule has 0 bridgehead atoms. The quantitative estimate of drug-likeness (QED) is 0.802. The number of fused-ring (bicyclic) bond motifs is 1. The third-order valence-electron chi connectivity index (χ3n) is 4.36. The number of carbonyl (C=O) groups excluding carboxylic acids is 1. The average Bonchev–Trinajstić information content (AvgIpc) is 2.79. The monoisotopic (exact) mass is 307 g/mol. The molecule has 0 radical (unpaired) electrons. The minimum absolute atomic E-state index is 0.0638. The van der Waals surface area contributed by atoms with Gasteiger partial charge in [-0.25, -0.2) is 0 Å². The standard InChI is InChI=1S/C19H21N3O/c1-12(16-10-9-15-7-5-6-8-17(15)11-16)20-19(23)18-13(2)21-22(4)14(18)3/h5-12H,1-4H3,(H,20,23). The Morgan fingerprint density at radius 2 is 1.83 bits per heavy atom. The van der Waals surface area contributed by atoms with Gasteiger partial charge in [0.25, 0.3) is 5.91 Å². The first kappa shape index (κ1) is 15.3. The Morgan fingerprint density at radius 3 is 2.48 bits per heavy atom. The van der Waals surface area contributed by atoms with Gasteiger partial charge in [0.05, 0.1) is 17.3 Å². The number of aromatic nitrogens is 2. The summed E-state index contributed by atoms with van der Waals surface area (Å²) in [4.78, 5) is 12.6. The van der Waals surface area contributed by atoms with Gasteiger partial charge in [-0.15, -0.1) is 0 Å². The molecule has 4 heteroatoms. The molecule has 3 aromatic rings. The van der Waals surface area contributed by atoms with Crippen LogP contribution in [0.2, 0.25) is 0 Å². The van der Waals surface area contributed by atoms with Crippen LogP contribution in [0.1, 0.15) is 40.3 Å². The molecule has 0 aliphatic carbocycles. The van der Waals surface area contributed by atoms with Gasteiger partial charge in [0.1, 0.15) is 0 Å². The number of hydrogen-bond acceptors (Lipinski definition) is 2. The molecule has 23 heavy (non-hydrogen) atoms. The highest BCUT2D eigenvalue weighted by molar-refractivity contribution is 5.96. The summed E-state index contributed by atoms with van der Waals surface area (Å²) in [5.74, 6) is -0.0752. The van der Waals surface area contributed by atoms with Crippen LogP contribution in [-0.4, -0.2) is 15.7 Å². The molecule has 1 atom stereocenters. The second-order valence-electron chi connectivity index (χ2n) is 5.97. The Bertz CT molecular complexity index is 879. The molecule has 2 aromatic carbocycles. The summed E-state index contributed by atoms with van der Waals surface area (Å²) >= 11 is 0. The van der Waals surface area contributed by atoms with Crippen molar-refractivity contribution in [2.24, 2.45) is 7.05 Å². The smallest absolute Gasteiger partial charge is 0.255 e. The molecule has 0 aliphatic rings. The van der Waals surface area contributed by atoms with E-state index in [0.717, 1.165) is 17.0 Å². The molecular formula is C19H21N3O. The van der Waals surface area contributed by atoms with Crippen LogP contribution in [-0.2, 0) is 7.05 Å². The van der Waals surface area contributed by atoms with E-state index in [0.29, 0.717) is 5.56 Å². The van der Waals surface area contributed by atoms with E-state index >= 15 is 0 Å². The molecule has 0 saturated heterocycles. The number of amides is 1. The summed E-state index contributed by atoms with van der Waals surface area (Å²) in [6.07, 6.45) is 0. The maximum Gasteiger partial charge on any atom is 0.255 e. The Kier molecular flexibility index (Phi) is 3.90. The van der Waals surface area contributed by atoms with Crippen molar-refractivity contribution in [3.63, 3.8) is 0 Å². The molecule has 118 valence electrons. The number of rotatable bonds is 3. The van der Waals surface area contributed by atoms with E-state index in [1.165, 1.54) is 10.8 Å². The van der Waals surface area contributed by atoms with Crippen molar-refractivity contribution in [2.75, 3.05) is 0 Å². The summed E-state index contributed by atoms with van der Waals surface area (Å²) in [5, 5.41) is 9.77. The van der Waals surface area contributed by atoms with Crippen molar-refractivity contribution >= 4 is 16.7 Å². The van der Waals surface area contributed by atoms with Gasteiger partial charge in [-0.1, -0.05) is 36.4 Å². The molecule has 1 aromatic heterocycles. The van der Waals surface area contributed by atoms with Gasteiger partial charge >= 0.3 is 0 Å². The van der Waals surface area contributed by atoms with E-state index in [2.05, 4.69) is 40.7 Å². The molecular weight excluding hydrogens is 286 g/mol. The van der Waals surface area contributed by atoms with Crippen molar-refractivity contribution in [2.45, 2.75) is 26.8 Å². The lowest BCUT2D eigenvalue weighted by Crippen LogP contribution is -2.27. The predicted octanol–water partition coefficient (Wildman–Crippen LogP) is 3.68. The predicted molar refractivity (Wildman–Crippen MR) is 92.5 cm³/mol. The number of nitrogens with zero attached hydrogens (tertiary/aromatic N) is 2. The van der Waals surface area contributed by atoms with Crippen LogP contribution in [0.4, 0.5) is 0 Å². The fourth-order valence-corrected chi connectivity index (χ4v) is 2.93. The SMILES string of the molecule is Cc1nn(C)c(C)c1C(=O)NC(C)c1ccc2ccccc2c1. The lowest BCUT2D eigenvalue weighted by atomic mass is 10.0. The van der Waals surface area contributed by atoms with Crippen LogP contribution in [0.25, 0.3) is 10.8 Å². The molecule has 4 nitrogen and oxygen atoms in total. The first-order valence-electron chi connectivity index (χ1n) is 7.77. The lowest BCUT2D eigenvalue weighted by molar-refractivity contribution is 0.0938. The molecule has 0 fully saturated rings. The minimum atomic E-state index is -0.0752. The number of hydrogen-bond donors (Lipinski definition) is 1. The van der Waals surface area contributed by atoms with Crippen molar-refractivity contribution in [3.05, 3.63) is 65.0 Å². The highest BCUT2D eigenvalue weighted by Gasteiger charge is 2.19. The zero-order valence-corrected chi connectivity index (χ0v) is 13.9. The second-order valence-corrected chi connectivity index (χ2v) is 5.97. The van der Waals surface area contributed by atoms with Gasteiger partial charge in [0.2, 0.25) is 0 Å². The highest BCUT2D eigenvalue weighted by Crippen LogP contribution is 2.21. The second kappa shape index (κ2) is 5.88. The van der Waals surface area contributed by atoms with Crippen molar-refractivity contribution in [1.29, 1.82) is 0 Å². The van der Waals surface area contributed by atoms with Crippen LogP contribution < -0.4 is 5.32 Å². The summed E-state index contributed by atoms with van der Waals surface area (Å²) < 4.78 is 1.74. The summed E-state index contributed by atoms with van der Waals surface area (Å²) in [6, 6.07) is 14.4. The molecule has 1 heterocycles. The lowest BCUT2D eigenvalue weighted by Gasteiger charge is -2.15. The van der Waals surface area contributed by atoms with E-state index in [1.807, 2.05) is 40.0 Å². The van der Waals surface area contributed by atoms with Gasteiger partial charge in [-0.3, -0.25) is 9.48 Å². The third-order valence-corrected chi connectivity index (χ3v) is 4.36. The van der Waals surface area contributed by atoms with Crippen LogP contribution in [0.3, 0.4) is 0 Å². The number of carbonyl (C=O) groups is 1. The Balaban J connectivity index is 1.85. The average molecular weight is 307 g/mol. The van der Waals surface area contributed by atoms with Gasteiger partial charge in [0.15, 0.2) is 0 Å². The summed E-state index contributed by atoms with van der Waals surface area (Å²) in [7, 11) is 1.85. The molecule has 0 saturated carbocycles. The van der Waals surface area contributed by atoms with E-state index < -0.39 is 0 Å². The minimum Gasteiger partial charge on any atom is -0.345 e. The maximum atomic E-state index is 12.6. The fraction of sp³-hybridized carbons (Fsp3) is 0.263. The largest absolute Gasteiger partial charge is 0.345 e. The molecule has 3 rings (SSSR count). The van der Waals surface area contributed by atoms with Crippen LogP contribution >= 0.6 is 0 Å². The zero-order valence-electron chi connectivity index (χ0n) is 13.9. The molecule has 0 spiro atoms. The van der Waals surface area contributed by atoms with Gasteiger partial charge in [0, 0.05) is 12.7 Å².